The zero-order valence-electron chi connectivity index (χ0n) is 25.8. The Morgan fingerprint density at radius 3 is 2.50 bits per heavy atom. The molecule has 1 amide bonds. The average Bonchev–Trinajstić information content (AvgIpc) is 3.29. The number of benzene rings is 1. The van der Waals surface area contributed by atoms with Crippen molar-refractivity contribution in [3.05, 3.63) is 65.6 Å². The first-order valence-corrected chi connectivity index (χ1v) is 16.5. The molecule has 2 aliphatic rings. The largest absolute Gasteiger partial charge is 0.444 e. The Balaban J connectivity index is 1.59. The Bertz CT molecular complexity index is 1400. The highest BCUT2D eigenvalue weighted by Gasteiger charge is 2.32. The molecule has 2 heterocycles. The zero-order valence-corrected chi connectivity index (χ0v) is 26.6. The first-order valence-electron chi connectivity index (χ1n) is 14.7. The van der Waals surface area contributed by atoms with Crippen LogP contribution in [0.3, 0.4) is 0 Å². The van der Waals surface area contributed by atoms with E-state index < -0.39 is 27.8 Å². The minimum Gasteiger partial charge on any atom is -0.444 e. The number of hydrogen-bond acceptors (Lipinski definition) is 8. The van der Waals surface area contributed by atoms with E-state index in [1.807, 2.05) is 24.3 Å². The van der Waals surface area contributed by atoms with Crippen molar-refractivity contribution in [2.75, 3.05) is 19.8 Å². The molecule has 2 aromatic rings. The number of nitrogens with one attached hydrogen (secondary N) is 1. The lowest BCUT2D eigenvalue weighted by Gasteiger charge is -2.39. The molecule has 1 aliphatic carbocycles. The summed E-state index contributed by atoms with van der Waals surface area (Å²) in [4.78, 5) is 24.1. The van der Waals surface area contributed by atoms with Crippen LogP contribution in [0.1, 0.15) is 89.5 Å². The molecule has 4 unspecified atom stereocenters. The Morgan fingerprint density at radius 1 is 1.19 bits per heavy atom. The smallest absolute Gasteiger partial charge is 0.408 e. The summed E-state index contributed by atoms with van der Waals surface area (Å²) in [5.41, 5.74) is 0.561. The molecule has 10 nitrogen and oxygen atoms in total. The van der Waals surface area contributed by atoms with Gasteiger partial charge < -0.3 is 19.4 Å². The van der Waals surface area contributed by atoms with Crippen molar-refractivity contribution < 1.29 is 22.4 Å². The second-order valence-electron chi connectivity index (χ2n) is 12.6. The predicted octanol–water partition coefficient (Wildman–Crippen LogP) is 5.82. The summed E-state index contributed by atoms with van der Waals surface area (Å²) in [6.07, 6.45) is 7.72. The number of oxazole rings is 1. The Hall–Kier alpha value is -3.34. The molecule has 0 saturated heterocycles. The van der Waals surface area contributed by atoms with Crippen molar-refractivity contribution in [1.29, 1.82) is 0 Å². The summed E-state index contributed by atoms with van der Waals surface area (Å²) < 4.78 is 38.0. The van der Waals surface area contributed by atoms with Crippen LogP contribution >= 0.6 is 0 Å². The lowest BCUT2D eigenvalue weighted by atomic mass is 9.74. The molecule has 230 valence electrons. The molecule has 1 fully saturated rings. The number of rotatable bonds is 9. The summed E-state index contributed by atoms with van der Waals surface area (Å²) in [6, 6.07) is 9.82. The van der Waals surface area contributed by atoms with Gasteiger partial charge in [0.1, 0.15) is 23.0 Å². The quantitative estimate of drug-likeness (QED) is 0.386. The molecule has 0 bridgehead atoms. The molecular formula is C31H45N5O5S. The van der Waals surface area contributed by atoms with Gasteiger partial charge in [0.05, 0.1) is 24.4 Å². The molecule has 4 atom stereocenters. The number of ether oxygens (including phenoxy) is 1. The van der Waals surface area contributed by atoms with Gasteiger partial charge >= 0.3 is 6.09 Å². The molecule has 1 aromatic carbocycles. The number of aliphatic imine (C=N–C) groups is 1. The van der Waals surface area contributed by atoms with Crippen LogP contribution in [-0.4, -0.2) is 60.0 Å². The average molecular weight is 600 g/mol. The maximum atomic E-state index is 12.6. The number of carbonyl (C=O) groups is 1. The minimum atomic E-state index is -3.57. The predicted molar refractivity (Wildman–Crippen MR) is 163 cm³/mol. The molecule has 0 radical (unpaired) electrons. The molecule has 42 heavy (non-hydrogen) atoms. The number of amides is 1. The second kappa shape index (κ2) is 12.9. The number of allylic oxidation sites excluding steroid dienone is 1. The van der Waals surface area contributed by atoms with Crippen molar-refractivity contribution >= 4 is 22.0 Å². The number of carbonyl (C=O) groups excluding carboxylic acids is 1. The molecule has 1 aromatic heterocycles. The number of sulfonamides is 1. The molecule has 0 spiro atoms. The number of aromatic nitrogens is 1. The van der Waals surface area contributed by atoms with Gasteiger partial charge in [-0.15, -0.1) is 0 Å². The van der Waals surface area contributed by atoms with Crippen molar-refractivity contribution in [3.8, 4) is 0 Å². The number of amidine groups is 1. The van der Waals surface area contributed by atoms with E-state index in [1.165, 1.54) is 36.0 Å². The van der Waals surface area contributed by atoms with Gasteiger partial charge in [-0.25, -0.2) is 23.2 Å². The molecule has 1 saturated carbocycles. The van der Waals surface area contributed by atoms with E-state index in [0.717, 1.165) is 12.4 Å². The highest BCUT2D eigenvalue weighted by atomic mass is 32.2. The number of nitrogens with zero attached hydrogens (tertiary/aromatic N) is 4. The normalized spacial score (nSPS) is 21.7. The van der Waals surface area contributed by atoms with Gasteiger partial charge in [-0.1, -0.05) is 43.7 Å². The lowest BCUT2D eigenvalue weighted by Crippen LogP contribution is -2.40. The van der Waals surface area contributed by atoms with Crippen LogP contribution in [0.15, 0.2) is 57.8 Å². The summed E-state index contributed by atoms with van der Waals surface area (Å²) >= 11 is 0. The van der Waals surface area contributed by atoms with Gasteiger partial charge in [0, 0.05) is 26.6 Å². The van der Waals surface area contributed by atoms with Gasteiger partial charge in [0.2, 0.25) is 15.9 Å². The summed E-state index contributed by atoms with van der Waals surface area (Å²) in [6.45, 7) is 11.1. The first-order chi connectivity index (χ1) is 19.7. The fourth-order valence-electron chi connectivity index (χ4n) is 5.12. The topological polar surface area (TPSA) is 117 Å². The zero-order chi connectivity index (χ0) is 30.7. The van der Waals surface area contributed by atoms with Crippen LogP contribution in [0, 0.1) is 11.8 Å². The van der Waals surface area contributed by atoms with Crippen LogP contribution in [0.2, 0.25) is 0 Å². The molecule has 1 N–H and O–H groups in total. The van der Waals surface area contributed by atoms with Gasteiger partial charge in [-0.2, -0.15) is 0 Å². The van der Waals surface area contributed by atoms with E-state index >= 15 is 0 Å². The maximum Gasteiger partial charge on any atom is 0.408 e. The van der Waals surface area contributed by atoms with Crippen LogP contribution < -0.4 is 5.32 Å². The summed E-state index contributed by atoms with van der Waals surface area (Å²) in [5, 5.41) is 2.78. The standard InChI is InChI=1S/C31H45N5O5S/c1-21-13-14-25(21)20-36(19-23-11-9-8-10-12-23)27-16-15-24(17-28(34-27)35(6)42(7,38)39)29-32-18-26(40-29)22(2)33-30(37)41-31(3,4)5/h8-12,17-18,21-22,24-25H,13-16,19-20H2,1-7H3,(H,33,37). The van der Waals surface area contributed by atoms with Crippen molar-refractivity contribution in [2.24, 2.45) is 16.8 Å². The second-order valence-corrected chi connectivity index (χ2v) is 14.6. The van der Waals surface area contributed by atoms with Crippen LogP contribution in [0.25, 0.3) is 0 Å². The Kier molecular flexibility index (Phi) is 9.70. The fraction of sp³-hybridized carbons (Fsp3) is 0.581. The van der Waals surface area contributed by atoms with Crippen molar-refractivity contribution in [3.63, 3.8) is 0 Å². The summed E-state index contributed by atoms with van der Waals surface area (Å²) in [7, 11) is -2.05. The highest BCUT2D eigenvalue weighted by Crippen LogP contribution is 2.36. The molecule has 4 rings (SSSR count). The van der Waals surface area contributed by atoms with Gasteiger partial charge in [-0.05, 0) is 64.0 Å². The maximum absolute atomic E-state index is 12.6. The third-order valence-electron chi connectivity index (χ3n) is 7.95. The third kappa shape index (κ3) is 8.36. The molecule has 1 aliphatic heterocycles. The molecular weight excluding hydrogens is 554 g/mol. The highest BCUT2D eigenvalue weighted by molar-refractivity contribution is 7.88. The Labute approximate surface area is 250 Å². The van der Waals surface area contributed by atoms with Crippen LogP contribution in [0.5, 0.6) is 0 Å². The first kappa shape index (κ1) is 31.6. The van der Waals surface area contributed by atoms with E-state index in [9.17, 15) is 13.2 Å². The van der Waals surface area contributed by atoms with Crippen molar-refractivity contribution in [1.82, 2.24) is 19.5 Å². The number of alkyl carbamates (subject to hydrolysis) is 1. The van der Waals surface area contributed by atoms with Gasteiger partial charge in [-0.3, -0.25) is 4.31 Å². The fourth-order valence-corrected chi connectivity index (χ4v) is 5.57. The van der Waals surface area contributed by atoms with Crippen LogP contribution in [0.4, 0.5) is 4.79 Å². The summed E-state index contributed by atoms with van der Waals surface area (Å²) in [5.74, 6) is 3.04. The van der Waals surface area contributed by atoms with E-state index in [1.54, 1.807) is 33.9 Å². The van der Waals surface area contributed by atoms with Crippen molar-refractivity contribution in [2.45, 2.75) is 84.4 Å². The van der Waals surface area contributed by atoms with Gasteiger partial charge in [0.15, 0.2) is 0 Å². The van der Waals surface area contributed by atoms with E-state index in [-0.39, 0.29) is 5.92 Å². The van der Waals surface area contributed by atoms with E-state index in [4.69, 9.17) is 14.1 Å². The van der Waals surface area contributed by atoms with E-state index in [2.05, 4.69) is 34.3 Å². The lowest BCUT2D eigenvalue weighted by molar-refractivity contribution is 0.0502. The monoisotopic (exact) mass is 599 g/mol. The molecule has 11 heteroatoms. The third-order valence-corrected chi connectivity index (χ3v) is 9.13. The number of hydrogen-bond donors (Lipinski definition) is 1. The minimum absolute atomic E-state index is 0.311. The van der Waals surface area contributed by atoms with Gasteiger partial charge in [0.25, 0.3) is 0 Å². The Morgan fingerprint density at radius 2 is 1.90 bits per heavy atom. The van der Waals surface area contributed by atoms with Crippen LogP contribution in [-0.2, 0) is 21.3 Å². The van der Waals surface area contributed by atoms with E-state index in [0.29, 0.717) is 48.7 Å². The SMILES string of the molecule is CC(NC(=O)OC(C)(C)C)c1cnc(C2C=C(N(C)S(C)(=O)=O)N=C(N(Cc3ccccc3)CC3CCC3C)CC2)o1.